The van der Waals surface area contributed by atoms with Crippen LogP contribution >= 0.6 is 15.9 Å². The largest absolute Gasteiger partial charge is 0.495 e. The van der Waals surface area contributed by atoms with E-state index in [9.17, 15) is 5.11 Å². The van der Waals surface area contributed by atoms with Crippen molar-refractivity contribution < 1.29 is 9.84 Å². The van der Waals surface area contributed by atoms with Crippen LogP contribution in [0.3, 0.4) is 0 Å². The maximum Gasteiger partial charge on any atom is 0.138 e. The van der Waals surface area contributed by atoms with Crippen LogP contribution in [0.1, 0.15) is 11.8 Å². The van der Waals surface area contributed by atoms with Gasteiger partial charge in [0.1, 0.15) is 11.9 Å². The Morgan fingerprint density at radius 2 is 2.46 bits per heavy atom. The molecular weight excluding hydrogens is 236 g/mol. The molecule has 3 N–H and O–H groups in total. The van der Waals surface area contributed by atoms with Crippen LogP contribution in [-0.2, 0) is 0 Å². The monoisotopic (exact) mass is 246 g/mol. The van der Waals surface area contributed by atoms with Crippen LogP contribution in [0.25, 0.3) is 0 Å². The number of methoxy groups -OCH3 is 1. The van der Waals surface area contributed by atoms with Crippen molar-refractivity contribution in [1.29, 1.82) is 0 Å². The first-order valence-corrected chi connectivity index (χ1v) is 4.56. The SMILES string of the molecule is COc1cnc(C(O)CN)c(Br)c1. The van der Waals surface area contributed by atoms with E-state index >= 15 is 0 Å². The van der Waals surface area contributed by atoms with E-state index in [1.807, 2.05) is 0 Å². The molecule has 0 spiro atoms. The topological polar surface area (TPSA) is 68.4 Å². The highest BCUT2D eigenvalue weighted by Crippen LogP contribution is 2.24. The summed E-state index contributed by atoms with van der Waals surface area (Å²) in [5.74, 6) is 0.639. The number of ether oxygens (including phenoxy) is 1. The van der Waals surface area contributed by atoms with E-state index in [0.717, 1.165) is 0 Å². The van der Waals surface area contributed by atoms with E-state index in [1.165, 1.54) is 0 Å². The van der Waals surface area contributed by atoms with Gasteiger partial charge < -0.3 is 15.6 Å². The molecule has 0 saturated heterocycles. The normalized spacial score (nSPS) is 12.6. The van der Waals surface area contributed by atoms with Crippen LogP contribution in [0.15, 0.2) is 16.7 Å². The van der Waals surface area contributed by atoms with Gasteiger partial charge in [0.05, 0.1) is 19.0 Å². The first-order chi connectivity index (χ1) is 6.19. The lowest BCUT2D eigenvalue weighted by atomic mass is 10.2. The fourth-order valence-corrected chi connectivity index (χ4v) is 1.49. The van der Waals surface area contributed by atoms with E-state index in [1.54, 1.807) is 19.4 Å². The molecule has 1 aromatic heterocycles. The molecule has 0 aliphatic carbocycles. The van der Waals surface area contributed by atoms with E-state index < -0.39 is 6.10 Å². The maximum absolute atomic E-state index is 9.42. The van der Waals surface area contributed by atoms with Crippen molar-refractivity contribution in [3.63, 3.8) is 0 Å². The second-order valence-electron chi connectivity index (χ2n) is 2.49. The number of aromatic nitrogens is 1. The highest BCUT2D eigenvalue weighted by Gasteiger charge is 2.11. The summed E-state index contributed by atoms with van der Waals surface area (Å²) < 4.78 is 5.66. The van der Waals surface area contributed by atoms with Crippen LogP contribution in [0.5, 0.6) is 5.75 Å². The number of hydrogen-bond acceptors (Lipinski definition) is 4. The highest BCUT2D eigenvalue weighted by molar-refractivity contribution is 9.10. The van der Waals surface area contributed by atoms with Gasteiger partial charge in [0.2, 0.25) is 0 Å². The summed E-state index contributed by atoms with van der Waals surface area (Å²) in [7, 11) is 1.56. The summed E-state index contributed by atoms with van der Waals surface area (Å²) in [6.07, 6.45) is 0.805. The molecule has 1 aromatic rings. The molecule has 5 heteroatoms. The minimum absolute atomic E-state index is 0.151. The second-order valence-corrected chi connectivity index (χ2v) is 3.35. The number of nitrogens with two attached hydrogens (primary N) is 1. The van der Waals surface area contributed by atoms with Gasteiger partial charge in [0.15, 0.2) is 0 Å². The summed E-state index contributed by atoms with van der Waals surface area (Å²) in [5, 5.41) is 9.42. The van der Waals surface area contributed by atoms with Gasteiger partial charge in [-0.15, -0.1) is 0 Å². The Hall–Kier alpha value is -0.650. The number of nitrogens with zero attached hydrogens (tertiary/aromatic N) is 1. The van der Waals surface area contributed by atoms with Crippen molar-refractivity contribution in [2.45, 2.75) is 6.10 Å². The van der Waals surface area contributed by atoms with E-state index in [2.05, 4.69) is 20.9 Å². The number of pyridine rings is 1. The van der Waals surface area contributed by atoms with Crippen LogP contribution in [0.2, 0.25) is 0 Å². The number of aliphatic hydroxyl groups is 1. The summed E-state index contributed by atoms with van der Waals surface area (Å²) >= 11 is 3.27. The molecule has 0 bridgehead atoms. The van der Waals surface area contributed by atoms with Gasteiger partial charge in [-0.3, -0.25) is 4.98 Å². The quantitative estimate of drug-likeness (QED) is 0.830. The molecule has 1 rings (SSSR count). The highest BCUT2D eigenvalue weighted by atomic mass is 79.9. The maximum atomic E-state index is 9.42. The smallest absolute Gasteiger partial charge is 0.138 e. The molecular formula is C8H11BrN2O2. The Kier molecular flexibility index (Phi) is 3.65. The number of aliphatic hydroxyl groups excluding tert-OH is 1. The summed E-state index contributed by atoms with van der Waals surface area (Å²) in [4.78, 5) is 4.02. The van der Waals surface area contributed by atoms with Crippen molar-refractivity contribution in [1.82, 2.24) is 4.98 Å². The molecule has 1 unspecified atom stereocenters. The molecule has 72 valence electrons. The Labute approximate surface area is 84.9 Å². The summed E-state index contributed by atoms with van der Waals surface area (Å²) in [5.41, 5.74) is 5.83. The first kappa shape index (κ1) is 10.4. The second kappa shape index (κ2) is 4.55. The minimum atomic E-state index is -0.736. The van der Waals surface area contributed by atoms with E-state index in [-0.39, 0.29) is 6.54 Å². The van der Waals surface area contributed by atoms with Crippen molar-refractivity contribution in [2.75, 3.05) is 13.7 Å². The number of halogens is 1. The van der Waals surface area contributed by atoms with Crippen LogP contribution in [0.4, 0.5) is 0 Å². The van der Waals surface area contributed by atoms with Crippen molar-refractivity contribution >= 4 is 15.9 Å². The third-order valence-corrected chi connectivity index (χ3v) is 2.25. The lowest BCUT2D eigenvalue weighted by Gasteiger charge is -2.09. The van der Waals surface area contributed by atoms with E-state index in [4.69, 9.17) is 10.5 Å². The Morgan fingerprint density at radius 3 is 2.92 bits per heavy atom. The Bertz CT molecular complexity index is 293. The fourth-order valence-electron chi connectivity index (χ4n) is 0.899. The van der Waals surface area contributed by atoms with E-state index in [0.29, 0.717) is 15.9 Å². The van der Waals surface area contributed by atoms with Crippen LogP contribution < -0.4 is 10.5 Å². The Balaban J connectivity index is 2.98. The third kappa shape index (κ3) is 2.40. The van der Waals surface area contributed by atoms with Gasteiger partial charge >= 0.3 is 0 Å². The van der Waals surface area contributed by atoms with Crippen molar-refractivity contribution in [3.05, 3.63) is 22.4 Å². The molecule has 4 nitrogen and oxygen atoms in total. The zero-order chi connectivity index (χ0) is 9.84. The first-order valence-electron chi connectivity index (χ1n) is 3.76. The molecule has 13 heavy (non-hydrogen) atoms. The lowest BCUT2D eigenvalue weighted by Crippen LogP contribution is -2.13. The van der Waals surface area contributed by atoms with Gasteiger partial charge in [0, 0.05) is 11.0 Å². The van der Waals surface area contributed by atoms with Crippen LogP contribution in [0, 0.1) is 0 Å². The van der Waals surface area contributed by atoms with Gasteiger partial charge in [-0.05, 0) is 22.0 Å². The predicted octanol–water partition coefficient (Wildman–Crippen LogP) is 0.845. The summed E-state index contributed by atoms with van der Waals surface area (Å²) in [6.45, 7) is 0.151. The van der Waals surface area contributed by atoms with Gasteiger partial charge in [-0.2, -0.15) is 0 Å². The molecule has 1 heterocycles. The van der Waals surface area contributed by atoms with Gasteiger partial charge in [-0.1, -0.05) is 0 Å². The molecule has 0 radical (unpaired) electrons. The predicted molar refractivity (Wildman–Crippen MR) is 52.5 cm³/mol. The molecule has 0 aliphatic rings. The molecule has 0 aromatic carbocycles. The van der Waals surface area contributed by atoms with Gasteiger partial charge in [0.25, 0.3) is 0 Å². The van der Waals surface area contributed by atoms with Crippen molar-refractivity contribution in [3.8, 4) is 5.75 Å². The molecule has 0 saturated carbocycles. The minimum Gasteiger partial charge on any atom is -0.495 e. The lowest BCUT2D eigenvalue weighted by molar-refractivity contribution is 0.181. The molecule has 0 amide bonds. The molecule has 0 fully saturated rings. The molecule has 1 atom stereocenters. The third-order valence-electron chi connectivity index (χ3n) is 1.62. The summed E-state index contributed by atoms with van der Waals surface area (Å²) in [6, 6.07) is 1.74. The van der Waals surface area contributed by atoms with Crippen LogP contribution in [-0.4, -0.2) is 23.7 Å². The Morgan fingerprint density at radius 1 is 1.77 bits per heavy atom. The number of hydrogen-bond donors (Lipinski definition) is 2. The van der Waals surface area contributed by atoms with Gasteiger partial charge in [-0.25, -0.2) is 0 Å². The van der Waals surface area contributed by atoms with Crippen molar-refractivity contribution in [2.24, 2.45) is 5.73 Å². The standard InChI is InChI=1S/C8H11BrN2O2/c1-13-5-2-6(9)8(11-4-5)7(12)3-10/h2,4,7,12H,3,10H2,1H3. The average Bonchev–Trinajstić information content (AvgIpc) is 2.16. The number of rotatable bonds is 3. The fraction of sp³-hybridized carbons (Fsp3) is 0.375. The zero-order valence-corrected chi connectivity index (χ0v) is 8.78. The zero-order valence-electron chi connectivity index (χ0n) is 7.20. The molecule has 0 aliphatic heterocycles. The average molecular weight is 247 g/mol.